The molecule has 1 aromatic carbocycles. The molecule has 0 atom stereocenters. The van der Waals surface area contributed by atoms with Crippen molar-refractivity contribution in [1.82, 2.24) is 14.9 Å². The van der Waals surface area contributed by atoms with Gasteiger partial charge in [-0.1, -0.05) is 12.1 Å². The number of para-hydroxylation sites is 2. The second kappa shape index (κ2) is 8.65. The van der Waals surface area contributed by atoms with Gasteiger partial charge in [0.05, 0.1) is 24.6 Å². The summed E-state index contributed by atoms with van der Waals surface area (Å²) in [6.07, 6.45) is 0. The van der Waals surface area contributed by atoms with Crippen LogP contribution in [-0.4, -0.2) is 73.3 Å². The first-order chi connectivity index (χ1) is 14.1. The maximum atomic E-state index is 11.6. The van der Waals surface area contributed by atoms with Crippen LogP contribution in [0.1, 0.15) is 12.7 Å². The number of rotatable bonds is 4. The van der Waals surface area contributed by atoms with Crippen LogP contribution in [0.25, 0.3) is 0 Å². The maximum Gasteiger partial charge on any atom is 0.219 e. The molecule has 2 saturated heterocycles. The third-order valence-corrected chi connectivity index (χ3v) is 5.39. The van der Waals surface area contributed by atoms with Gasteiger partial charge in [0.25, 0.3) is 0 Å². The Kier molecular flexibility index (Phi) is 5.80. The molecule has 2 aromatic rings. The minimum absolute atomic E-state index is 0.130. The summed E-state index contributed by atoms with van der Waals surface area (Å²) < 4.78 is 5.49. The molecule has 2 aliphatic rings. The quantitative estimate of drug-likeness (QED) is 0.848. The molecular weight excluding hydrogens is 368 g/mol. The van der Waals surface area contributed by atoms with Crippen molar-refractivity contribution in [3.05, 3.63) is 36.2 Å². The third kappa shape index (κ3) is 4.59. The van der Waals surface area contributed by atoms with Crippen LogP contribution in [0.4, 0.5) is 23.0 Å². The number of carbonyl (C=O) groups excluding carboxylic acids is 1. The molecule has 1 amide bonds. The summed E-state index contributed by atoms with van der Waals surface area (Å²) in [6.45, 7) is 9.80. The van der Waals surface area contributed by atoms with Gasteiger partial charge in [-0.2, -0.15) is 0 Å². The van der Waals surface area contributed by atoms with Gasteiger partial charge in [-0.3, -0.25) is 4.79 Å². The van der Waals surface area contributed by atoms with E-state index in [9.17, 15) is 4.79 Å². The van der Waals surface area contributed by atoms with Crippen molar-refractivity contribution in [2.45, 2.75) is 13.8 Å². The molecule has 29 heavy (non-hydrogen) atoms. The van der Waals surface area contributed by atoms with Crippen LogP contribution in [0.2, 0.25) is 0 Å². The second-order valence-electron chi connectivity index (χ2n) is 7.39. The van der Waals surface area contributed by atoms with E-state index in [0.29, 0.717) is 0 Å². The normalized spacial score (nSPS) is 17.4. The zero-order valence-corrected chi connectivity index (χ0v) is 17.1. The molecule has 0 radical (unpaired) electrons. The standard InChI is InChI=1S/C21H28N6O2/c1-16-22-20(15-21(23-16)27-9-7-25(8-10-27)17(2)28)24-18-5-3-4-6-19(18)26-11-13-29-14-12-26/h3-6,15H,7-14H2,1-2H3,(H,22,23,24). The molecule has 154 valence electrons. The fourth-order valence-electron chi connectivity index (χ4n) is 3.83. The number of aryl methyl sites for hydroxylation is 1. The number of ether oxygens (including phenoxy) is 1. The largest absolute Gasteiger partial charge is 0.378 e. The number of morpholine rings is 1. The molecule has 2 aliphatic heterocycles. The van der Waals surface area contributed by atoms with E-state index in [0.717, 1.165) is 81.3 Å². The predicted octanol–water partition coefficient (Wildman–Crippen LogP) is 2.03. The van der Waals surface area contributed by atoms with Gasteiger partial charge in [-0.15, -0.1) is 0 Å². The molecule has 0 bridgehead atoms. The predicted molar refractivity (Wildman–Crippen MR) is 114 cm³/mol. The molecule has 2 fully saturated rings. The number of aromatic nitrogens is 2. The summed E-state index contributed by atoms with van der Waals surface area (Å²) >= 11 is 0. The number of carbonyl (C=O) groups is 1. The van der Waals surface area contributed by atoms with Crippen LogP contribution in [0.5, 0.6) is 0 Å². The van der Waals surface area contributed by atoms with E-state index < -0.39 is 0 Å². The van der Waals surface area contributed by atoms with Crippen molar-refractivity contribution in [2.24, 2.45) is 0 Å². The zero-order chi connectivity index (χ0) is 20.2. The Bertz CT molecular complexity index is 860. The van der Waals surface area contributed by atoms with E-state index in [1.165, 1.54) is 0 Å². The molecular formula is C21H28N6O2. The number of piperazine rings is 1. The molecule has 0 spiro atoms. The first-order valence-electron chi connectivity index (χ1n) is 10.1. The first kappa shape index (κ1) is 19.4. The first-order valence-corrected chi connectivity index (χ1v) is 10.1. The van der Waals surface area contributed by atoms with E-state index in [2.05, 4.69) is 43.3 Å². The number of anilines is 4. The van der Waals surface area contributed by atoms with Crippen LogP contribution >= 0.6 is 0 Å². The van der Waals surface area contributed by atoms with Crippen molar-refractivity contribution in [2.75, 3.05) is 67.6 Å². The summed E-state index contributed by atoms with van der Waals surface area (Å²) in [5.74, 6) is 2.53. The highest BCUT2D eigenvalue weighted by molar-refractivity contribution is 5.75. The number of hydrogen-bond acceptors (Lipinski definition) is 7. The van der Waals surface area contributed by atoms with E-state index in [1.54, 1.807) is 6.92 Å². The fourth-order valence-corrected chi connectivity index (χ4v) is 3.83. The Hall–Kier alpha value is -2.87. The Morgan fingerprint density at radius 3 is 2.45 bits per heavy atom. The van der Waals surface area contributed by atoms with Crippen molar-refractivity contribution in [3.63, 3.8) is 0 Å². The highest BCUT2D eigenvalue weighted by Crippen LogP contribution is 2.29. The monoisotopic (exact) mass is 396 g/mol. The van der Waals surface area contributed by atoms with Crippen molar-refractivity contribution < 1.29 is 9.53 Å². The van der Waals surface area contributed by atoms with Crippen LogP contribution in [0.15, 0.2) is 30.3 Å². The summed E-state index contributed by atoms with van der Waals surface area (Å²) in [4.78, 5) is 27.2. The second-order valence-corrected chi connectivity index (χ2v) is 7.39. The van der Waals surface area contributed by atoms with Crippen LogP contribution < -0.4 is 15.1 Å². The number of nitrogens with zero attached hydrogens (tertiary/aromatic N) is 5. The molecule has 0 saturated carbocycles. The summed E-state index contributed by atoms with van der Waals surface area (Å²) in [7, 11) is 0. The van der Waals surface area contributed by atoms with Gasteiger partial charge in [0.2, 0.25) is 5.91 Å². The molecule has 8 nitrogen and oxygen atoms in total. The van der Waals surface area contributed by atoms with E-state index in [-0.39, 0.29) is 5.91 Å². The van der Waals surface area contributed by atoms with E-state index in [4.69, 9.17) is 4.74 Å². The lowest BCUT2D eigenvalue weighted by atomic mass is 10.2. The van der Waals surface area contributed by atoms with Gasteiger partial charge in [0.1, 0.15) is 17.5 Å². The number of hydrogen-bond donors (Lipinski definition) is 1. The van der Waals surface area contributed by atoms with Gasteiger partial charge in [0.15, 0.2) is 0 Å². The Labute approximate surface area is 171 Å². The minimum Gasteiger partial charge on any atom is -0.378 e. The van der Waals surface area contributed by atoms with Gasteiger partial charge in [-0.25, -0.2) is 9.97 Å². The molecule has 8 heteroatoms. The van der Waals surface area contributed by atoms with Gasteiger partial charge < -0.3 is 24.8 Å². The number of benzene rings is 1. The smallest absolute Gasteiger partial charge is 0.219 e. The average Bonchev–Trinajstić information content (AvgIpc) is 2.74. The Morgan fingerprint density at radius 2 is 1.72 bits per heavy atom. The summed E-state index contributed by atoms with van der Waals surface area (Å²) in [5.41, 5.74) is 2.18. The van der Waals surface area contributed by atoms with Crippen LogP contribution in [0.3, 0.4) is 0 Å². The Morgan fingerprint density at radius 1 is 1.00 bits per heavy atom. The average molecular weight is 396 g/mol. The molecule has 4 rings (SSSR count). The SMILES string of the molecule is CC(=O)N1CCN(c2cc(Nc3ccccc3N3CCOCC3)nc(C)n2)CC1. The number of nitrogens with one attached hydrogen (secondary N) is 1. The number of amides is 1. The van der Waals surface area contributed by atoms with Gasteiger partial charge in [0, 0.05) is 52.3 Å². The zero-order valence-electron chi connectivity index (χ0n) is 17.1. The van der Waals surface area contributed by atoms with Crippen LogP contribution in [0, 0.1) is 6.92 Å². The molecule has 3 heterocycles. The summed E-state index contributed by atoms with van der Waals surface area (Å²) in [5, 5.41) is 3.49. The highest BCUT2D eigenvalue weighted by Gasteiger charge is 2.21. The minimum atomic E-state index is 0.130. The molecule has 1 aromatic heterocycles. The third-order valence-electron chi connectivity index (χ3n) is 5.39. The van der Waals surface area contributed by atoms with E-state index >= 15 is 0 Å². The topological polar surface area (TPSA) is 73.8 Å². The molecule has 0 unspecified atom stereocenters. The lowest BCUT2D eigenvalue weighted by molar-refractivity contribution is -0.129. The van der Waals surface area contributed by atoms with Crippen LogP contribution in [-0.2, 0) is 9.53 Å². The van der Waals surface area contributed by atoms with Gasteiger partial charge >= 0.3 is 0 Å². The summed E-state index contributed by atoms with van der Waals surface area (Å²) in [6, 6.07) is 10.3. The highest BCUT2D eigenvalue weighted by atomic mass is 16.5. The maximum absolute atomic E-state index is 11.6. The lowest BCUT2D eigenvalue weighted by Gasteiger charge is -2.35. The van der Waals surface area contributed by atoms with Crippen molar-refractivity contribution in [1.29, 1.82) is 0 Å². The van der Waals surface area contributed by atoms with E-state index in [1.807, 2.05) is 24.0 Å². The molecule has 0 aliphatic carbocycles. The Balaban J connectivity index is 1.53. The van der Waals surface area contributed by atoms with Gasteiger partial charge in [-0.05, 0) is 19.1 Å². The fraction of sp³-hybridized carbons (Fsp3) is 0.476. The van der Waals surface area contributed by atoms with Crippen molar-refractivity contribution >= 4 is 28.9 Å². The lowest BCUT2D eigenvalue weighted by Crippen LogP contribution is -2.48. The van der Waals surface area contributed by atoms with Crippen molar-refractivity contribution in [3.8, 4) is 0 Å². The molecule has 1 N–H and O–H groups in total.